The molecule has 7 nitrogen and oxygen atoms in total. The summed E-state index contributed by atoms with van der Waals surface area (Å²) in [6, 6.07) is 14.0. The predicted molar refractivity (Wildman–Crippen MR) is 99.0 cm³/mol. The van der Waals surface area contributed by atoms with E-state index in [1.807, 2.05) is 49.2 Å². The van der Waals surface area contributed by atoms with Crippen LogP contribution in [-0.4, -0.2) is 39.2 Å². The Balaban J connectivity index is 2.22. The van der Waals surface area contributed by atoms with Crippen molar-refractivity contribution in [1.82, 2.24) is 0 Å². The maximum absolute atomic E-state index is 11.8. The van der Waals surface area contributed by atoms with Crippen LogP contribution in [0.2, 0.25) is 0 Å². The summed E-state index contributed by atoms with van der Waals surface area (Å²) in [5.74, 6) is 0. The monoisotopic (exact) mass is 363 g/mol. The molecule has 0 saturated carbocycles. The second-order valence-corrected chi connectivity index (χ2v) is 7.84. The highest BCUT2D eigenvalue weighted by Gasteiger charge is 2.26. The number of nitro benzene ring substituents is 1. The summed E-state index contributed by atoms with van der Waals surface area (Å²) in [5, 5.41) is 14.4. The molecule has 0 heterocycles. The fourth-order valence-electron chi connectivity index (χ4n) is 2.46. The third-order valence-corrected chi connectivity index (χ3v) is 5.12. The van der Waals surface area contributed by atoms with Gasteiger partial charge in [0.15, 0.2) is 9.84 Å². The lowest BCUT2D eigenvalue weighted by Crippen LogP contribution is -2.34. The van der Waals surface area contributed by atoms with Gasteiger partial charge < -0.3 is 10.2 Å². The molecule has 0 aliphatic carbocycles. The first-order valence-corrected chi connectivity index (χ1v) is 9.60. The van der Waals surface area contributed by atoms with Gasteiger partial charge in [-0.25, -0.2) is 8.42 Å². The first-order chi connectivity index (χ1) is 11.7. The van der Waals surface area contributed by atoms with E-state index in [1.54, 1.807) is 0 Å². The zero-order valence-electron chi connectivity index (χ0n) is 14.3. The van der Waals surface area contributed by atoms with Crippen LogP contribution in [0.1, 0.15) is 6.92 Å². The minimum absolute atomic E-state index is 0.0314. The van der Waals surface area contributed by atoms with E-state index < -0.39 is 20.4 Å². The highest BCUT2D eigenvalue weighted by Crippen LogP contribution is 2.32. The number of nitrogens with zero attached hydrogens (tertiary/aromatic N) is 2. The summed E-state index contributed by atoms with van der Waals surface area (Å²) in [7, 11) is -1.76. The molecule has 2 rings (SSSR count). The van der Waals surface area contributed by atoms with Crippen molar-refractivity contribution in [3.63, 3.8) is 0 Å². The van der Waals surface area contributed by atoms with Crippen molar-refractivity contribution in [2.45, 2.75) is 17.9 Å². The molecule has 0 aliphatic heterocycles. The zero-order chi connectivity index (χ0) is 18.6. The molecule has 1 N–H and O–H groups in total. The van der Waals surface area contributed by atoms with E-state index in [0.717, 1.165) is 11.9 Å². The number of hydrogen-bond donors (Lipinski definition) is 1. The highest BCUT2D eigenvalue weighted by atomic mass is 32.2. The van der Waals surface area contributed by atoms with Crippen LogP contribution < -0.4 is 10.2 Å². The Morgan fingerprint density at radius 2 is 1.80 bits per heavy atom. The van der Waals surface area contributed by atoms with Gasteiger partial charge in [-0.15, -0.1) is 0 Å². The van der Waals surface area contributed by atoms with Gasteiger partial charge in [-0.05, 0) is 31.2 Å². The molecule has 0 fully saturated rings. The smallest absolute Gasteiger partial charge is 0.310 e. The fraction of sp³-hybridized carbons (Fsp3) is 0.294. The summed E-state index contributed by atoms with van der Waals surface area (Å²) < 4.78 is 23.6. The van der Waals surface area contributed by atoms with Crippen LogP contribution in [0.4, 0.5) is 17.1 Å². The van der Waals surface area contributed by atoms with Gasteiger partial charge in [0.25, 0.3) is 0 Å². The van der Waals surface area contributed by atoms with Crippen LogP contribution in [-0.2, 0) is 9.84 Å². The average Bonchev–Trinajstić information content (AvgIpc) is 2.58. The van der Waals surface area contributed by atoms with Crippen LogP contribution in [0, 0.1) is 10.1 Å². The lowest BCUT2D eigenvalue weighted by molar-refractivity contribution is -0.386. The lowest BCUT2D eigenvalue weighted by Gasteiger charge is -2.27. The SMILES string of the molecule is CC(CNc1cccc(S(C)(=O)=O)c1[N+](=O)[O-])N(C)c1ccccc1. The molecule has 0 saturated heterocycles. The number of hydrogen-bond acceptors (Lipinski definition) is 6. The molecule has 1 unspecified atom stereocenters. The summed E-state index contributed by atoms with van der Waals surface area (Å²) in [5.41, 5.74) is 0.803. The van der Waals surface area contributed by atoms with Crippen molar-refractivity contribution in [2.24, 2.45) is 0 Å². The number of likely N-dealkylation sites (N-methyl/N-ethyl adjacent to an activating group) is 1. The Bertz CT molecular complexity index is 853. The maximum atomic E-state index is 11.8. The number of para-hydroxylation sites is 2. The third-order valence-electron chi connectivity index (χ3n) is 3.99. The normalized spacial score (nSPS) is 12.4. The summed E-state index contributed by atoms with van der Waals surface area (Å²) in [4.78, 5) is 12.5. The topological polar surface area (TPSA) is 92.5 Å². The molecule has 0 bridgehead atoms. The summed E-state index contributed by atoms with van der Waals surface area (Å²) in [6.07, 6.45) is 0.963. The van der Waals surface area contributed by atoms with Crippen LogP contribution in [0.25, 0.3) is 0 Å². The molecule has 0 amide bonds. The minimum atomic E-state index is -3.69. The van der Waals surface area contributed by atoms with Gasteiger partial charge in [0.1, 0.15) is 10.6 Å². The minimum Gasteiger partial charge on any atom is -0.377 e. The Morgan fingerprint density at radius 3 is 2.36 bits per heavy atom. The average molecular weight is 363 g/mol. The first kappa shape index (κ1) is 18.7. The molecule has 0 aromatic heterocycles. The van der Waals surface area contributed by atoms with Crippen molar-refractivity contribution >= 4 is 26.9 Å². The molecule has 8 heteroatoms. The second kappa shape index (κ2) is 7.52. The predicted octanol–water partition coefficient (Wildman–Crippen LogP) is 2.94. The second-order valence-electron chi connectivity index (χ2n) is 5.86. The van der Waals surface area contributed by atoms with Crippen LogP contribution >= 0.6 is 0 Å². The van der Waals surface area contributed by atoms with E-state index >= 15 is 0 Å². The van der Waals surface area contributed by atoms with E-state index in [2.05, 4.69) is 5.32 Å². The van der Waals surface area contributed by atoms with Crippen molar-refractivity contribution in [2.75, 3.05) is 30.1 Å². The van der Waals surface area contributed by atoms with E-state index in [-0.39, 0.29) is 16.6 Å². The molecule has 134 valence electrons. The lowest BCUT2D eigenvalue weighted by atomic mass is 10.2. The van der Waals surface area contributed by atoms with Gasteiger partial charge in [0.2, 0.25) is 0 Å². The van der Waals surface area contributed by atoms with Crippen molar-refractivity contribution in [3.8, 4) is 0 Å². The quantitative estimate of drug-likeness (QED) is 0.600. The largest absolute Gasteiger partial charge is 0.377 e. The fourth-order valence-corrected chi connectivity index (χ4v) is 3.33. The van der Waals surface area contributed by atoms with Gasteiger partial charge in [0.05, 0.1) is 4.92 Å². The van der Waals surface area contributed by atoms with Gasteiger partial charge >= 0.3 is 5.69 Å². The van der Waals surface area contributed by atoms with Crippen LogP contribution in [0.5, 0.6) is 0 Å². The van der Waals surface area contributed by atoms with Crippen molar-refractivity contribution in [1.29, 1.82) is 0 Å². The number of rotatable bonds is 7. The van der Waals surface area contributed by atoms with E-state index in [9.17, 15) is 18.5 Å². The van der Waals surface area contributed by atoms with Crippen LogP contribution in [0.3, 0.4) is 0 Å². The number of benzene rings is 2. The molecular weight excluding hydrogens is 342 g/mol. The number of nitro groups is 1. The first-order valence-electron chi connectivity index (χ1n) is 7.71. The third kappa shape index (κ3) is 4.48. The summed E-state index contributed by atoms with van der Waals surface area (Å²) >= 11 is 0. The molecule has 25 heavy (non-hydrogen) atoms. The van der Waals surface area contributed by atoms with Gasteiger partial charge in [-0.2, -0.15) is 0 Å². The molecule has 1 atom stereocenters. The molecule has 0 spiro atoms. The number of nitrogens with one attached hydrogen (secondary N) is 1. The Kier molecular flexibility index (Phi) is 5.63. The zero-order valence-corrected chi connectivity index (χ0v) is 15.2. The van der Waals surface area contributed by atoms with E-state index in [4.69, 9.17) is 0 Å². The van der Waals surface area contributed by atoms with Gasteiger partial charge in [0, 0.05) is 31.6 Å². The van der Waals surface area contributed by atoms with E-state index in [0.29, 0.717) is 6.54 Å². The molecule has 0 aliphatic rings. The van der Waals surface area contributed by atoms with Gasteiger partial charge in [-0.1, -0.05) is 24.3 Å². The Hall–Kier alpha value is -2.61. The van der Waals surface area contributed by atoms with Crippen LogP contribution in [0.15, 0.2) is 53.4 Å². The van der Waals surface area contributed by atoms with E-state index in [1.165, 1.54) is 18.2 Å². The molecule has 0 radical (unpaired) electrons. The standard InChI is InChI=1S/C17H21N3O4S/c1-13(19(2)14-8-5-4-6-9-14)12-18-15-10-7-11-16(25(3,23)24)17(15)20(21)22/h4-11,13,18H,12H2,1-3H3. The Labute approximate surface area is 147 Å². The van der Waals surface area contributed by atoms with Crippen molar-refractivity contribution < 1.29 is 13.3 Å². The number of sulfone groups is 1. The molecular formula is C17H21N3O4S. The van der Waals surface area contributed by atoms with Gasteiger partial charge in [-0.3, -0.25) is 10.1 Å². The molecule has 2 aromatic rings. The van der Waals surface area contributed by atoms with Crippen molar-refractivity contribution in [3.05, 3.63) is 58.6 Å². The summed E-state index contributed by atoms with van der Waals surface area (Å²) in [6.45, 7) is 2.39. The number of anilines is 2. The maximum Gasteiger partial charge on any atom is 0.310 e. The highest BCUT2D eigenvalue weighted by molar-refractivity contribution is 7.90. The Morgan fingerprint density at radius 1 is 1.16 bits per heavy atom. The molecule has 2 aromatic carbocycles.